The Morgan fingerprint density at radius 2 is 2.00 bits per heavy atom. The molecule has 5 nitrogen and oxygen atoms in total. The Morgan fingerprint density at radius 3 is 2.47 bits per heavy atom. The molecule has 0 aromatic carbocycles. The van der Waals surface area contributed by atoms with E-state index in [1.807, 2.05) is 0 Å². The van der Waals surface area contributed by atoms with Crippen LogP contribution >= 0.6 is 0 Å². The van der Waals surface area contributed by atoms with Gasteiger partial charge in [0.25, 0.3) is 0 Å². The van der Waals surface area contributed by atoms with Crippen LogP contribution in [-0.2, 0) is 4.74 Å². The number of ether oxygens (including phenoxy) is 1. The quantitative estimate of drug-likeness (QED) is 0.654. The second kappa shape index (κ2) is 7.33. The Morgan fingerprint density at radius 1 is 1.41 bits per heavy atom. The second-order valence-corrected chi connectivity index (χ2v) is 3.73. The number of halogens is 3. The number of hydrogen-bond donors (Lipinski definition) is 3. The van der Waals surface area contributed by atoms with Crippen LogP contribution in [0.4, 0.5) is 18.0 Å². The molecule has 0 aromatic rings. The van der Waals surface area contributed by atoms with E-state index in [0.29, 0.717) is 0 Å². The molecule has 0 saturated carbocycles. The van der Waals surface area contributed by atoms with Gasteiger partial charge in [-0.1, -0.05) is 0 Å². The van der Waals surface area contributed by atoms with Gasteiger partial charge in [0.1, 0.15) is 6.61 Å². The summed E-state index contributed by atoms with van der Waals surface area (Å²) in [6.07, 6.45) is -5.05. The van der Waals surface area contributed by atoms with Crippen LogP contribution in [0, 0.1) is 0 Å². The van der Waals surface area contributed by atoms with Crippen molar-refractivity contribution < 1.29 is 27.8 Å². The van der Waals surface area contributed by atoms with Gasteiger partial charge in [-0.25, -0.2) is 4.79 Å². The molecule has 0 aliphatic rings. The van der Waals surface area contributed by atoms with Gasteiger partial charge in [0.15, 0.2) is 0 Å². The maximum Gasteiger partial charge on any atom is 0.411 e. The van der Waals surface area contributed by atoms with Gasteiger partial charge in [0.05, 0.1) is 18.8 Å². The molecule has 0 saturated heterocycles. The molecule has 0 heterocycles. The molecule has 0 bridgehead atoms. The van der Waals surface area contributed by atoms with Crippen LogP contribution in [0.1, 0.15) is 13.8 Å². The molecule has 0 spiro atoms. The summed E-state index contributed by atoms with van der Waals surface area (Å²) < 4.78 is 39.5. The third-order valence-electron chi connectivity index (χ3n) is 1.57. The van der Waals surface area contributed by atoms with Crippen LogP contribution in [0.25, 0.3) is 0 Å². The molecule has 102 valence electrons. The zero-order valence-electron chi connectivity index (χ0n) is 9.67. The van der Waals surface area contributed by atoms with Crippen molar-refractivity contribution in [3.8, 4) is 0 Å². The summed E-state index contributed by atoms with van der Waals surface area (Å²) >= 11 is 0. The summed E-state index contributed by atoms with van der Waals surface area (Å²) in [5.41, 5.74) is 0. The normalized spacial score (nSPS) is 15.2. The number of carbonyl (C=O) groups is 1. The number of rotatable bonds is 6. The van der Waals surface area contributed by atoms with Crippen molar-refractivity contribution in [2.45, 2.75) is 32.2 Å². The zero-order chi connectivity index (χ0) is 13.5. The molecule has 0 fully saturated rings. The van der Waals surface area contributed by atoms with Crippen molar-refractivity contribution >= 4 is 6.03 Å². The van der Waals surface area contributed by atoms with E-state index < -0.39 is 31.0 Å². The van der Waals surface area contributed by atoms with Gasteiger partial charge in [-0.05, 0) is 13.8 Å². The average molecular weight is 258 g/mol. The Kier molecular flexibility index (Phi) is 6.89. The first-order valence-corrected chi connectivity index (χ1v) is 5.07. The molecule has 0 rings (SSSR count). The molecule has 2 amide bonds. The fraction of sp³-hybridized carbons (Fsp3) is 0.889. The van der Waals surface area contributed by atoms with Gasteiger partial charge in [-0.3, -0.25) is 0 Å². The number of urea groups is 1. The SMILES string of the molecule is CC(COCC(F)(F)F)NC(=O)NC[C@@H](C)O. The van der Waals surface area contributed by atoms with E-state index in [-0.39, 0.29) is 13.2 Å². The van der Waals surface area contributed by atoms with Crippen molar-refractivity contribution in [2.24, 2.45) is 0 Å². The third-order valence-corrected chi connectivity index (χ3v) is 1.57. The fourth-order valence-electron chi connectivity index (χ4n) is 0.908. The van der Waals surface area contributed by atoms with E-state index in [1.165, 1.54) is 13.8 Å². The van der Waals surface area contributed by atoms with Crippen molar-refractivity contribution in [1.29, 1.82) is 0 Å². The highest BCUT2D eigenvalue weighted by Crippen LogP contribution is 2.14. The minimum Gasteiger partial charge on any atom is -0.392 e. The first kappa shape index (κ1) is 16.0. The minimum absolute atomic E-state index is 0.0714. The molecular weight excluding hydrogens is 241 g/mol. The monoisotopic (exact) mass is 258 g/mol. The van der Waals surface area contributed by atoms with Crippen LogP contribution in [0.3, 0.4) is 0 Å². The lowest BCUT2D eigenvalue weighted by atomic mass is 10.3. The van der Waals surface area contributed by atoms with Gasteiger partial charge in [0.2, 0.25) is 0 Å². The Bertz CT molecular complexity index is 234. The predicted molar refractivity (Wildman–Crippen MR) is 54.6 cm³/mol. The van der Waals surface area contributed by atoms with Crippen molar-refractivity contribution in [1.82, 2.24) is 10.6 Å². The van der Waals surface area contributed by atoms with E-state index in [0.717, 1.165) is 0 Å². The molecule has 2 atom stereocenters. The molecule has 8 heteroatoms. The summed E-state index contributed by atoms with van der Waals surface area (Å²) in [6.45, 7) is 1.51. The van der Waals surface area contributed by atoms with E-state index in [9.17, 15) is 18.0 Å². The Balaban J connectivity index is 3.64. The lowest BCUT2D eigenvalue weighted by Gasteiger charge is -2.16. The van der Waals surface area contributed by atoms with Crippen LogP contribution in [0.15, 0.2) is 0 Å². The molecule has 3 N–H and O–H groups in total. The highest BCUT2D eigenvalue weighted by atomic mass is 19.4. The van der Waals surface area contributed by atoms with E-state index in [1.54, 1.807) is 0 Å². The number of amides is 2. The summed E-state index contributed by atoms with van der Waals surface area (Å²) in [5, 5.41) is 13.6. The topological polar surface area (TPSA) is 70.6 Å². The van der Waals surface area contributed by atoms with Crippen LogP contribution in [0.2, 0.25) is 0 Å². The number of alkyl halides is 3. The van der Waals surface area contributed by atoms with Crippen LogP contribution in [-0.4, -0.2) is 49.2 Å². The standard InChI is InChI=1S/C9H17F3N2O3/c1-6(4-17-5-9(10,11)12)14-8(16)13-3-7(2)15/h6-7,15H,3-5H2,1-2H3,(H2,13,14,16)/t6?,7-/m1/s1. The Hall–Kier alpha value is -1.02. The fourth-order valence-corrected chi connectivity index (χ4v) is 0.908. The van der Waals surface area contributed by atoms with Crippen molar-refractivity contribution in [3.63, 3.8) is 0 Å². The number of aliphatic hydroxyl groups excluding tert-OH is 1. The van der Waals surface area contributed by atoms with Gasteiger partial charge in [-0.2, -0.15) is 13.2 Å². The summed E-state index contributed by atoms with van der Waals surface area (Å²) in [7, 11) is 0. The molecule has 1 unspecified atom stereocenters. The molecule has 0 aliphatic heterocycles. The van der Waals surface area contributed by atoms with Gasteiger partial charge in [0, 0.05) is 6.54 Å². The smallest absolute Gasteiger partial charge is 0.392 e. The number of carbonyl (C=O) groups excluding carboxylic acids is 1. The largest absolute Gasteiger partial charge is 0.411 e. The molecule has 17 heavy (non-hydrogen) atoms. The van der Waals surface area contributed by atoms with Gasteiger partial charge in [-0.15, -0.1) is 0 Å². The first-order valence-electron chi connectivity index (χ1n) is 5.07. The van der Waals surface area contributed by atoms with Crippen LogP contribution in [0.5, 0.6) is 0 Å². The number of aliphatic hydroxyl groups is 1. The third kappa shape index (κ3) is 11.2. The van der Waals surface area contributed by atoms with Gasteiger partial charge >= 0.3 is 12.2 Å². The highest BCUT2D eigenvalue weighted by Gasteiger charge is 2.27. The highest BCUT2D eigenvalue weighted by molar-refractivity contribution is 5.74. The lowest BCUT2D eigenvalue weighted by Crippen LogP contribution is -2.44. The molecule has 0 aliphatic carbocycles. The van der Waals surface area contributed by atoms with Crippen LogP contribution < -0.4 is 10.6 Å². The lowest BCUT2D eigenvalue weighted by molar-refractivity contribution is -0.174. The van der Waals surface area contributed by atoms with Crippen molar-refractivity contribution in [2.75, 3.05) is 19.8 Å². The zero-order valence-corrected chi connectivity index (χ0v) is 9.67. The van der Waals surface area contributed by atoms with Gasteiger partial charge < -0.3 is 20.5 Å². The summed E-state index contributed by atoms with van der Waals surface area (Å²) in [4.78, 5) is 11.1. The molecular formula is C9H17F3N2O3. The molecule has 0 aromatic heterocycles. The van der Waals surface area contributed by atoms with E-state index in [4.69, 9.17) is 5.11 Å². The van der Waals surface area contributed by atoms with E-state index >= 15 is 0 Å². The predicted octanol–water partition coefficient (Wildman–Crippen LogP) is 0.634. The number of nitrogens with one attached hydrogen (secondary N) is 2. The average Bonchev–Trinajstić information content (AvgIpc) is 2.12. The number of hydrogen-bond acceptors (Lipinski definition) is 3. The Labute approximate surface area is 97.3 Å². The van der Waals surface area contributed by atoms with Crippen molar-refractivity contribution in [3.05, 3.63) is 0 Å². The minimum atomic E-state index is -4.37. The first-order chi connectivity index (χ1) is 7.70. The molecule has 0 radical (unpaired) electrons. The summed E-state index contributed by atoms with van der Waals surface area (Å²) in [5.74, 6) is 0. The second-order valence-electron chi connectivity index (χ2n) is 3.73. The maximum atomic E-state index is 11.7. The van der Waals surface area contributed by atoms with E-state index in [2.05, 4.69) is 15.4 Å². The summed E-state index contributed by atoms with van der Waals surface area (Å²) in [6, 6.07) is -1.11. The maximum absolute atomic E-state index is 11.7.